The van der Waals surface area contributed by atoms with E-state index in [2.05, 4.69) is 9.55 Å². The summed E-state index contributed by atoms with van der Waals surface area (Å²) in [5.41, 5.74) is 0.725. The quantitative estimate of drug-likeness (QED) is 0.618. The molecule has 0 radical (unpaired) electrons. The van der Waals surface area contributed by atoms with Crippen molar-refractivity contribution in [1.82, 2.24) is 14.5 Å². The van der Waals surface area contributed by atoms with E-state index in [0.29, 0.717) is 6.04 Å². The Morgan fingerprint density at radius 3 is 2.68 bits per heavy atom. The molecule has 1 fully saturated rings. The number of rotatable bonds is 4. The Balaban J connectivity index is 2.23. The highest BCUT2D eigenvalue weighted by molar-refractivity contribution is 6.03. The van der Waals surface area contributed by atoms with Crippen molar-refractivity contribution in [3.63, 3.8) is 0 Å². The lowest BCUT2D eigenvalue weighted by Gasteiger charge is -2.25. The zero-order valence-corrected chi connectivity index (χ0v) is 12.1. The first-order valence-electron chi connectivity index (χ1n) is 7.02. The summed E-state index contributed by atoms with van der Waals surface area (Å²) in [6.45, 7) is 1.99. The van der Waals surface area contributed by atoms with Gasteiger partial charge in [-0.2, -0.15) is 0 Å². The number of aromatic nitrogens is 2. The Kier molecular flexibility index (Phi) is 4.40. The summed E-state index contributed by atoms with van der Waals surface area (Å²) in [5.74, 6) is 0.994. The topological polar surface area (TPSA) is 38.1 Å². The maximum Gasteiger partial charge on any atom is 0.205 e. The molecule has 1 saturated carbocycles. The van der Waals surface area contributed by atoms with Gasteiger partial charge in [-0.1, -0.05) is 19.3 Å². The minimum atomic E-state index is 0.0415. The lowest BCUT2D eigenvalue weighted by Crippen LogP contribution is -2.18. The van der Waals surface area contributed by atoms with Gasteiger partial charge in [-0.15, -0.1) is 0 Å². The van der Waals surface area contributed by atoms with Crippen molar-refractivity contribution in [3.8, 4) is 0 Å². The van der Waals surface area contributed by atoms with Gasteiger partial charge in [0.2, 0.25) is 5.78 Å². The van der Waals surface area contributed by atoms with Crippen LogP contribution in [0.1, 0.15) is 54.5 Å². The van der Waals surface area contributed by atoms with Gasteiger partial charge in [0.25, 0.3) is 0 Å². The van der Waals surface area contributed by atoms with Gasteiger partial charge in [-0.05, 0) is 19.8 Å². The SMILES string of the molecule is Cc1ncc(C(=O)C=CN(C)C)n1C1CCCCC1. The monoisotopic (exact) mass is 261 g/mol. The summed E-state index contributed by atoms with van der Waals surface area (Å²) in [4.78, 5) is 18.5. The fourth-order valence-corrected chi connectivity index (χ4v) is 2.74. The van der Waals surface area contributed by atoms with Crippen LogP contribution < -0.4 is 0 Å². The average molecular weight is 261 g/mol. The molecular weight excluding hydrogens is 238 g/mol. The van der Waals surface area contributed by atoms with Gasteiger partial charge in [0.1, 0.15) is 11.5 Å². The predicted octanol–water partition coefficient (Wildman–Crippen LogP) is 2.95. The Labute approximate surface area is 115 Å². The molecule has 0 unspecified atom stereocenters. The van der Waals surface area contributed by atoms with Gasteiger partial charge in [-0.3, -0.25) is 4.79 Å². The highest BCUT2D eigenvalue weighted by Gasteiger charge is 2.22. The van der Waals surface area contributed by atoms with E-state index in [0.717, 1.165) is 24.4 Å². The van der Waals surface area contributed by atoms with Crippen LogP contribution in [0.2, 0.25) is 0 Å². The molecule has 1 aliphatic carbocycles. The van der Waals surface area contributed by atoms with Crippen LogP contribution in [0.25, 0.3) is 0 Å². The summed E-state index contributed by atoms with van der Waals surface area (Å²) in [5, 5.41) is 0. The van der Waals surface area contributed by atoms with Crippen LogP contribution in [0.3, 0.4) is 0 Å². The summed E-state index contributed by atoms with van der Waals surface area (Å²) >= 11 is 0. The average Bonchev–Trinajstić information content (AvgIpc) is 2.79. The minimum absolute atomic E-state index is 0.0415. The lowest BCUT2D eigenvalue weighted by molar-refractivity contribution is 0.103. The first kappa shape index (κ1) is 13.8. The summed E-state index contributed by atoms with van der Waals surface area (Å²) in [6.07, 6.45) is 11.3. The maximum absolute atomic E-state index is 12.3. The molecule has 104 valence electrons. The van der Waals surface area contributed by atoms with Crippen LogP contribution in [-0.2, 0) is 0 Å². The molecule has 1 aromatic rings. The Hall–Kier alpha value is -1.58. The molecule has 0 aromatic carbocycles. The third-order valence-corrected chi connectivity index (χ3v) is 3.70. The summed E-state index contributed by atoms with van der Waals surface area (Å²) < 4.78 is 2.14. The molecule has 0 amide bonds. The second kappa shape index (κ2) is 6.04. The maximum atomic E-state index is 12.3. The van der Waals surface area contributed by atoms with E-state index in [1.807, 2.05) is 25.9 Å². The molecule has 0 spiro atoms. The van der Waals surface area contributed by atoms with Crippen molar-refractivity contribution >= 4 is 5.78 Å². The summed E-state index contributed by atoms with van der Waals surface area (Å²) in [7, 11) is 3.82. The Morgan fingerprint density at radius 2 is 2.05 bits per heavy atom. The second-order valence-corrected chi connectivity index (χ2v) is 5.50. The van der Waals surface area contributed by atoms with Crippen molar-refractivity contribution in [1.29, 1.82) is 0 Å². The number of carbonyl (C=O) groups is 1. The number of imidazole rings is 1. The second-order valence-electron chi connectivity index (χ2n) is 5.50. The molecule has 1 aliphatic rings. The van der Waals surface area contributed by atoms with Crippen LogP contribution in [0, 0.1) is 6.92 Å². The molecule has 2 rings (SSSR count). The number of allylic oxidation sites excluding steroid dienone is 1. The van der Waals surface area contributed by atoms with Crippen molar-refractivity contribution in [2.45, 2.75) is 45.1 Å². The third-order valence-electron chi connectivity index (χ3n) is 3.70. The molecule has 0 atom stereocenters. The van der Waals surface area contributed by atoms with Crippen molar-refractivity contribution < 1.29 is 4.79 Å². The standard InChI is InChI=1S/C15H23N3O/c1-12-16-11-14(15(19)9-10-17(2)3)18(12)13-7-5-4-6-8-13/h9-11,13H,4-8H2,1-3H3. The van der Waals surface area contributed by atoms with Crippen LogP contribution in [-0.4, -0.2) is 34.3 Å². The number of hydrogen-bond acceptors (Lipinski definition) is 3. The third kappa shape index (κ3) is 3.25. The molecule has 0 N–H and O–H groups in total. The molecule has 0 aliphatic heterocycles. The summed E-state index contributed by atoms with van der Waals surface area (Å²) in [6, 6.07) is 0.447. The van der Waals surface area contributed by atoms with Crippen LogP contribution in [0.4, 0.5) is 0 Å². The van der Waals surface area contributed by atoms with Crippen molar-refractivity contribution in [2.24, 2.45) is 0 Å². The van der Waals surface area contributed by atoms with Crippen LogP contribution in [0.5, 0.6) is 0 Å². The minimum Gasteiger partial charge on any atom is -0.383 e. The Morgan fingerprint density at radius 1 is 1.37 bits per heavy atom. The predicted molar refractivity (Wildman–Crippen MR) is 76.2 cm³/mol. The molecule has 1 aromatic heterocycles. The van der Waals surface area contributed by atoms with E-state index in [4.69, 9.17) is 0 Å². The van der Waals surface area contributed by atoms with Crippen LogP contribution >= 0.6 is 0 Å². The zero-order valence-electron chi connectivity index (χ0n) is 12.1. The number of aryl methyl sites for hydroxylation is 1. The van der Waals surface area contributed by atoms with E-state index in [-0.39, 0.29) is 5.78 Å². The first-order chi connectivity index (χ1) is 9.09. The molecule has 4 heteroatoms. The first-order valence-corrected chi connectivity index (χ1v) is 7.02. The van der Waals surface area contributed by atoms with E-state index < -0.39 is 0 Å². The fraction of sp³-hybridized carbons (Fsp3) is 0.600. The van der Waals surface area contributed by atoms with Crippen molar-refractivity contribution in [3.05, 3.63) is 30.0 Å². The van der Waals surface area contributed by atoms with Gasteiger partial charge >= 0.3 is 0 Å². The van der Waals surface area contributed by atoms with Crippen molar-refractivity contribution in [2.75, 3.05) is 14.1 Å². The van der Waals surface area contributed by atoms with E-state index >= 15 is 0 Å². The highest BCUT2D eigenvalue weighted by Crippen LogP contribution is 2.30. The normalized spacial score (nSPS) is 17.0. The van der Waals surface area contributed by atoms with Gasteiger partial charge in [0.05, 0.1) is 6.20 Å². The van der Waals surface area contributed by atoms with Gasteiger partial charge < -0.3 is 9.47 Å². The van der Waals surface area contributed by atoms with E-state index in [9.17, 15) is 4.79 Å². The largest absolute Gasteiger partial charge is 0.383 e. The number of hydrogen-bond donors (Lipinski definition) is 0. The molecule has 0 saturated heterocycles. The molecule has 0 bridgehead atoms. The van der Waals surface area contributed by atoms with Gasteiger partial charge in [0.15, 0.2) is 0 Å². The number of carbonyl (C=O) groups excluding carboxylic acids is 1. The molecule has 1 heterocycles. The van der Waals surface area contributed by atoms with Gasteiger partial charge in [0, 0.05) is 32.4 Å². The lowest BCUT2D eigenvalue weighted by atomic mass is 9.95. The molecule has 4 nitrogen and oxygen atoms in total. The highest BCUT2D eigenvalue weighted by atomic mass is 16.1. The van der Waals surface area contributed by atoms with Gasteiger partial charge in [-0.25, -0.2) is 4.98 Å². The van der Waals surface area contributed by atoms with E-state index in [1.165, 1.54) is 19.3 Å². The molecular formula is C15H23N3O. The van der Waals surface area contributed by atoms with E-state index in [1.54, 1.807) is 18.5 Å². The smallest absolute Gasteiger partial charge is 0.205 e. The van der Waals surface area contributed by atoms with Crippen LogP contribution in [0.15, 0.2) is 18.5 Å². The zero-order chi connectivity index (χ0) is 13.8. The fourth-order valence-electron chi connectivity index (χ4n) is 2.74. The Bertz CT molecular complexity index is 468. The number of nitrogens with zero attached hydrogens (tertiary/aromatic N) is 3. The number of ketones is 1. The molecule has 19 heavy (non-hydrogen) atoms.